The molecule has 0 fully saturated rings. The quantitative estimate of drug-likeness (QED) is 0.796. The van der Waals surface area contributed by atoms with Crippen LogP contribution in [0.5, 0.6) is 0 Å². The number of nitrogens with zero attached hydrogens (tertiary/aromatic N) is 1. The van der Waals surface area contributed by atoms with Crippen molar-refractivity contribution in [2.45, 2.75) is 19.8 Å². The molecule has 3 nitrogen and oxygen atoms in total. The first-order valence-electron chi connectivity index (χ1n) is 6.11. The Morgan fingerprint density at radius 3 is 2.90 bits per heavy atom. The molecule has 0 N–H and O–H groups in total. The smallest absolute Gasteiger partial charge is 0.311 e. The molecule has 106 valence electrons. The largest absolute Gasteiger partial charge is 0.466 e. The van der Waals surface area contributed by atoms with E-state index in [2.05, 4.69) is 4.98 Å². The van der Waals surface area contributed by atoms with Gasteiger partial charge in [0.15, 0.2) is 0 Å². The zero-order valence-corrected chi connectivity index (χ0v) is 11.7. The van der Waals surface area contributed by atoms with Crippen molar-refractivity contribution in [1.82, 2.24) is 4.98 Å². The molecule has 1 heterocycles. The van der Waals surface area contributed by atoms with E-state index < -0.39 is 11.6 Å². The van der Waals surface area contributed by atoms with Gasteiger partial charge in [0.25, 0.3) is 0 Å². The summed E-state index contributed by atoms with van der Waals surface area (Å²) >= 11 is 1.34. The summed E-state index contributed by atoms with van der Waals surface area (Å²) in [5.41, 5.74) is 0.981. The van der Waals surface area contributed by atoms with Gasteiger partial charge in [0.2, 0.25) is 0 Å². The molecule has 0 aliphatic carbocycles. The minimum atomic E-state index is -0.603. The number of rotatable bonds is 5. The first-order chi connectivity index (χ1) is 9.58. The number of aromatic nitrogens is 1. The van der Waals surface area contributed by atoms with Crippen molar-refractivity contribution in [3.8, 4) is 0 Å². The lowest BCUT2D eigenvalue weighted by molar-refractivity contribution is -0.142. The molecular formula is C14H13F2NO2S. The van der Waals surface area contributed by atoms with Crippen LogP contribution in [0, 0.1) is 11.6 Å². The lowest BCUT2D eigenvalue weighted by Gasteiger charge is -2.00. The van der Waals surface area contributed by atoms with E-state index in [1.54, 1.807) is 12.3 Å². The number of ether oxygens (including phenoxy) is 1. The van der Waals surface area contributed by atoms with E-state index in [1.165, 1.54) is 23.5 Å². The van der Waals surface area contributed by atoms with E-state index in [1.807, 2.05) is 0 Å². The second kappa shape index (κ2) is 6.56. The van der Waals surface area contributed by atoms with Crippen molar-refractivity contribution >= 4 is 17.3 Å². The highest BCUT2D eigenvalue weighted by Gasteiger charge is 2.11. The molecule has 0 aliphatic rings. The molecule has 0 unspecified atom stereocenters. The second-order valence-corrected chi connectivity index (χ2v) is 5.07. The monoisotopic (exact) mass is 297 g/mol. The molecule has 0 radical (unpaired) electrons. The highest BCUT2D eigenvalue weighted by molar-refractivity contribution is 7.09. The van der Waals surface area contributed by atoms with E-state index in [0.29, 0.717) is 22.9 Å². The Balaban J connectivity index is 2.04. The van der Waals surface area contributed by atoms with E-state index in [9.17, 15) is 13.6 Å². The molecule has 1 aromatic carbocycles. The normalized spacial score (nSPS) is 10.6. The Bertz CT molecular complexity index is 613. The Kier molecular flexibility index (Phi) is 4.79. The lowest BCUT2D eigenvalue weighted by atomic mass is 10.1. The van der Waals surface area contributed by atoms with Crippen molar-refractivity contribution < 1.29 is 18.3 Å². The first kappa shape index (κ1) is 14.6. The van der Waals surface area contributed by atoms with E-state index in [4.69, 9.17) is 4.74 Å². The third kappa shape index (κ3) is 3.84. The summed E-state index contributed by atoms with van der Waals surface area (Å²) < 4.78 is 31.1. The Morgan fingerprint density at radius 1 is 1.40 bits per heavy atom. The van der Waals surface area contributed by atoms with Crippen molar-refractivity contribution in [3.63, 3.8) is 0 Å². The minimum absolute atomic E-state index is 0.107. The molecule has 0 spiro atoms. The van der Waals surface area contributed by atoms with Gasteiger partial charge in [-0.05, 0) is 18.6 Å². The van der Waals surface area contributed by atoms with Crippen LogP contribution in [0.15, 0.2) is 23.6 Å². The van der Waals surface area contributed by atoms with Crippen LogP contribution in [0.25, 0.3) is 0 Å². The highest BCUT2D eigenvalue weighted by atomic mass is 32.1. The summed E-state index contributed by atoms with van der Waals surface area (Å²) in [6, 6.07) is 3.46. The topological polar surface area (TPSA) is 39.2 Å². The zero-order valence-electron chi connectivity index (χ0n) is 10.9. The van der Waals surface area contributed by atoms with Gasteiger partial charge >= 0.3 is 5.97 Å². The number of esters is 1. The predicted octanol–water partition coefficient (Wildman–Crippen LogP) is 3.12. The maximum Gasteiger partial charge on any atom is 0.311 e. The molecule has 0 bridgehead atoms. The van der Waals surface area contributed by atoms with Gasteiger partial charge in [-0.3, -0.25) is 4.79 Å². The van der Waals surface area contributed by atoms with Gasteiger partial charge in [0.1, 0.15) is 11.6 Å². The fourth-order valence-electron chi connectivity index (χ4n) is 1.70. The third-order valence-corrected chi connectivity index (χ3v) is 3.48. The van der Waals surface area contributed by atoms with Crippen LogP contribution in [0.1, 0.15) is 23.2 Å². The number of carbonyl (C=O) groups excluding carboxylic acids is 1. The van der Waals surface area contributed by atoms with Gasteiger partial charge in [0, 0.05) is 17.9 Å². The Hall–Kier alpha value is -1.82. The number of carbonyl (C=O) groups is 1. The maximum absolute atomic E-state index is 13.5. The van der Waals surface area contributed by atoms with Crippen LogP contribution >= 0.6 is 11.3 Å². The van der Waals surface area contributed by atoms with Gasteiger partial charge in [0.05, 0.1) is 23.7 Å². The van der Waals surface area contributed by atoms with Gasteiger partial charge in [-0.2, -0.15) is 0 Å². The van der Waals surface area contributed by atoms with Crippen LogP contribution in [0.4, 0.5) is 8.78 Å². The van der Waals surface area contributed by atoms with E-state index >= 15 is 0 Å². The molecule has 2 aromatic rings. The molecule has 2 rings (SSSR count). The molecule has 0 atom stereocenters. The molecule has 0 aliphatic heterocycles. The van der Waals surface area contributed by atoms with Gasteiger partial charge in [-0.25, -0.2) is 13.8 Å². The molecule has 20 heavy (non-hydrogen) atoms. The summed E-state index contributed by atoms with van der Waals surface area (Å²) in [4.78, 5) is 15.6. The van der Waals surface area contributed by atoms with Crippen LogP contribution in [-0.2, 0) is 22.4 Å². The Labute approximate surface area is 119 Å². The number of thiazole rings is 1. The average Bonchev–Trinajstić information content (AvgIpc) is 2.80. The molecule has 6 heteroatoms. The van der Waals surface area contributed by atoms with Crippen molar-refractivity contribution in [2.75, 3.05) is 6.61 Å². The van der Waals surface area contributed by atoms with Crippen molar-refractivity contribution in [2.24, 2.45) is 0 Å². The fourth-order valence-corrected chi connectivity index (χ4v) is 2.52. The summed E-state index contributed by atoms with van der Waals surface area (Å²) in [7, 11) is 0. The standard InChI is InChI=1S/C14H13F2NO2S/c1-2-19-14(18)7-11-8-20-13(17-11)5-9-3-4-10(15)6-12(9)16/h3-4,6,8H,2,5,7H2,1H3. The maximum atomic E-state index is 13.5. The molecular weight excluding hydrogens is 284 g/mol. The second-order valence-electron chi connectivity index (χ2n) is 4.13. The first-order valence-corrected chi connectivity index (χ1v) is 6.99. The highest BCUT2D eigenvalue weighted by Crippen LogP contribution is 2.18. The third-order valence-electron chi connectivity index (χ3n) is 2.59. The average molecular weight is 297 g/mol. The van der Waals surface area contributed by atoms with Gasteiger partial charge in [-0.1, -0.05) is 6.07 Å². The number of benzene rings is 1. The number of hydrogen-bond acceptors (Lipinski definition) is 4. The van der Waals surface area contributed by atoms with Crippen LogP contribution in [-0.4, -0.2) is 17.6 Å². The molecule has 0 saturated heterocycles. The lowest BCUT2D eigenvalue weighted by Crippen LogP contribution is -2.07. The summed E-state index contributed by atoms with van der Waals surface area (Å²) in [5.74, 6) is -1.53. The number of hydrogen-bond donors (Lipinski definition) is 0. The summed E-state index contributed by atoms with van der Waals surface area (Å²) in [6.45, 7) is 2.07. The van der Waals surface area contributed by atoms with E-state index in [0.717, 1.165) is 6.07 Å². The Morgan fingerprint density at radius 2 is 2.20 bits per heavy atom. The fraction of sp³-hybridized carbons (Fsp3) is 0.286. The minimum Gasteiger partial charge on any atom is -0.466 e. The number of halogens is 2. The van der Waals surface area contributed by atoms with E-state index in [-0.39, 0.29) is 18.8 Å². The molecule has 1 aromatic heterocycles. The molecule has 0 saturated carbocycles. The van der Waals surface area contributed by atoms with Crippen molar-refractivity contribution in [3.05, 3.63) is 51.5 Å². The van der Waals surface area contributed by atoms with Crippen LogP contribution in [0.2, 0.25) is 0 Å². The summed E-state index contributed by atoms with van der Waals surface area (Å²) in [5, 5.41) is 2.42. The zero-order chi connectivity index (χ0) is 14.5. The van der Waals surface area contributed by atoms with Crippen molar-refractivity contribution in [1.29, 1.82) is 0 Å². The SMILES string of the molecule is CCOC(=O)Cc1csc(Cc2ccc(F)cc2F)n1. The summed E-state index contributed by atoms with van der Waals surface area (Å²) in [6.07, 6.45) is 0.385. The van der Waals surface area contributed by atoms with Crippen LogP contribution in [0.3, 0.4) is 0 Å². The predicted molar refractivity (Wildman–Crippen MR) is 71.6 cm³/mol. The van der Waals surface area contributed by atoms with Gasteiger partial charge in [-0.15, -0.1) is 11.3 Å². The van der Waals surface area contributed by atoms with Crippen LogP contribution < -0.4 is 0 Å². The molecule has 0 amide bonds. The van der Waals surface area contributed by atoms with Gasteiger partial charge < -0.3 is 4.74 Å².